The zero-order valence-electron chi connectivity index (χ0n) is 19.3. The number of amidine groups is 2. The van der Waals surface area contributed by atoms with Crippen LogP contribution < -0.4 is 15.8 Å². The van der Waals surface area contributed by atoms with Gasteiger partial charge in [0.1, 0.15) is 24.2 Å². The highest BCUT2D eigenvalue weighted by Crippen LogP contribution is 2.26. The molecule has 2 aromatic carbocycles. The summed E-state index contributed by atoms with van der Waals surface area (Å²) in [6.07, 6.45) is 2.49. The van der Waals surface area contributed by atoms with Gasteiger partial charge in [-0.3, -0.25) is 20.4 Å². The van der Waals surface area contributed by atoms with Crippen molar-refractivity contribution in [2.75, 3.05) is 31.5 Å². The molecule has 0 bridgehead atoms. The number of likely N-dealkylation sites (tertiary alicyclic amines) is 1. The Balaban J connectivity index is 1.34. The molecule has 1 saturated heterocycles. The molecule has 0 radical (unpaired) electrons. The molecule has 2 amide bonds. The number of nitrogens with two attached hydrogens (primary N) is 1. The number of rotatable bonds is 6. The maximum Gasteiger partial charge on any atom is 0.254 e. The highest BCUT2D eigenvalue weighted by atomic mass is 16.5. The lowest BCUT2D eigenvalue weighted by atomic mass is 9.98. The number of fused-ring (bicyclic) bond motifs is 1. The van der Waals surface area contributed by atoms with Gasteiger partial charge in [-0.15, -0.1) is 0 Å². The first kappa shape index (κ1) is 23.3. The van der Waals surface area contributed by atoms with E-state index in [1.807, 2.05) is 12.1 Å². The third kappa shape index (κ3) is 5.36. The number of carbonyl (C=O) groups excluding carboxylic acids is 2. The van der Waals surface area contributed by atoms with Gasteiger partial charge in [0.25, 0.3) is 5.91 Å². The summed E-state index contributed by atoms with van der Waals surface area (Å²) in [6, 6.07) is 12.3. The Bertz CT molecular complexity index is 1120. The van der Waals surface area contributed by atoms with Crippen LogP contribution >= 0.6 is 0 Å². The van der Waals surface area contributed by atoms with Crippen molar-refractivity contribution in [3.63, 3.8) is 0 Å². The van der Waals surface area contributed by atoms with Crippen LogP contribution in [0.3, 0.4) is 0 Å². The van der Waals surface area contributed by atoms with E-state index in [-0.39, 0.29) is 30.3 Å². The van der Waals surface area contributed by atoms with Crippen molar-refractivity contribution in [2.45, 2.75) is 32.3 Å². The maximum atomic E-state index is 13.0. The van der Waals surface area contributed by atoms with Crippen molar-refractivity contribution in [2.24, 2.45) is 5.73 Å². The maximum absolute atomic E-state index is 13.0. The number of anilines is 1. The molecule has 0 spiro atoms. The van der Waals surface area contributed by atoms with Crippen LogP contribution in [-0.4, -0.2) is 65.6 Å². The second-order valence-corrected chi connectivity index (χ2v) is 8.73. The summed E-state index contributed by atoms with van der Waals surface area (Å²) in [5, 5.41) is 18.0. The van der Waals surface area contributed by atoms with Crippen molar-refractivity contribution < 1.29 is 14.3 Å². The van der Waals surface area contributed by atoms with E-state index in [1.54, 1.807) is 42.2 Å². The van der Waals surface area contributed by atoms with Crippen LogP contribution in [0.5, 0.6) is 5.75 Å². The molecule has 1 fully saturated rings. The Morgan fingerprint density at radius 1 is 1.15 bits per heavy atom. The summed E-state index contributed by atoms with van der Waals surface area (Å²) < 4.78 is 6.16. The Kier molecular flexibility index (Phi) is 6.81. The quantitative estimate of drug-likeness (QED) is 0.386. The zero-order valence-corrected chi connectivity index (χ0v) is 19.3. The highest BCUT2D eigenvalue weighted by Gasteiger charge is 2.27. The Morgan fingerprint density at radius 2 is 1.91 bits per heavy atom. The Hall–Kier alpha value is -3.88. The smallest absolute Gasteiger partial charge is 0.254 e. The number of piperidine rings is 1. The van der Waals surface area contributed by atoms with Crippen molar-refractivity contribution in [1.82, 2.24) is 9.80 Å². The number of nitrogens with one attached hydrogen (secondary N) is 3. The van der Waals surface area contributed by atoms with E-state index in [4.69, 9.17) is 21.3 Å². The fraction of sp³-hybridized carbons (Fsp3) is 0.360. The summed E-state index contributed by atoms with van der Waals surface area (Å²) in [4.78, 5) is 29.1. The molecule has 2 aromatic rings. The number of carbonyl (C=O) groups is 2. The van der Waals surface area contributed by atoms with E-state index in [1.165, 1.54) is 0 Å². The molecule has 4 rings (SSSR count). The largest absolute Gasteiger partial charge is 0.490 e. The molecule has 2 aliphatic rings. The molecule has 2 aliphatic heterocycles. The third-order valence-electron chi connectivity index (χ3n) is 6.26. The van der Waals surface area contributed by atoms with E-state index < -0.39 is 0 Å². The van der Waals surface area contributed by atoms with Gasteiger partial charge >= 0.3 is 0 Å². The molecule has 9 nitrogen and oxygen atoms in total. The number of benzene rings is 2. The topological polar surface area (TPSA) is 136 Å². The number of hydrogen-bond acceptors (Lipinski definition) is 5. The van der Waals surface area contributed by atoms with Gasteiger partial charge in [-0.25, -0.2) is 0 Å². The van der Waals surface area contributed by atoms with Gasteiger partial charge in [0, 0.05) is 49.3 Å². The average molecular weight is 463 g/mol. The number of nitrogen functional groups attached to an aromatic ring is 1. The van der Waals surface area contributed by atoms with Crippen LogP contribution in [0.15, 0.2) is 42.5 Å². The first-order chi connectivity index (χ1) is 16.3. The molecule has 34 heavy (non-hydrogen) atoms. The monoisotopic (exact) mass is 462 g/mol. The number of hydrogen-bond donors (Lipinski definition) is 4. The number of amides is 2. The van der Waals surface area contributed by atoms with E-state index in [2.05, 4.69) is 10.2 Å². The van der Waals surface area contributed by atoms with Crippen LogP contribution in [0.4, 0.5) is 5.69 Å². The Morgan fingerprint density at radius 3 is 2.62 bits per heavy atom. The van der Waals surface area contributed by atoms with Gasteiger partial charge in [0.2, 0.25) is 5.91 Å². The molecule has 0 saturated carbocycles. The summed E-state index contributed by atoms with van der Waals surface area (Å²) in [5.74, 6) is 0.801. The molecule has 9 heteroatoms. The van der Waals surface area contributed by atoms with E-state index in [0.717, 1.165) is 37.2 Å². The van der Waals surface area contributed by atoms with E-state index >= 15 is 0 Å². The standard InChI is InChI=1S/C25H30N6O3/c1-16(26)30-11-8-20(9-12-30)34-21-5-6-22-17(14-21)7-10-31(25(22)33)15-23(32)29-19-4-2-3-18(13-19)24(27)28/h2-6,13-14,20,26H,7-12,15H2,1H3,(H3,27,28)(H,29,32). The van der Waals surface area contributed by atoms with Gasteiger partial charge < -0.3 is 25.6 Å². The van der Waals surface area contributed by atoms with Gasteiger partial charge in [0.15, 0.2) is 0 Å². The molecule has 0 unspecified atom stereocenters. The molecule has 0 aliphatic carbocycles. The van der Waals surface area contributed by atoms with Crippen molar-refractivity contribution in [3.05, 3.63) is 59.2 Å². The van der Waals surface area contributed by atoms with E-state index in [0.29, 0.717) is 35.6 Å². The number of ether oxygens (including phenoxy) is 1. The predicted molar refractivity (Wildman–Crippen MR) is 131 cm³/mol. The van der Waals surface area contributed by atoms with Gasteiger partial charge in [-0.2, -0.15) is 0 Å². The minimum atomic E-state index is -0.302. The fourth-order valence-corrected chi connectivity index (χ4v) is 4.38. The second kappa shape index (κ2) is 9.94. The molecular weight excluding hydrogens is 432 g/mol. The average Bonchev–Trinajstić information content (AvgIpc) is 2.81. The molecule has 0 atom stereocenters. The summed E-state index contributed by atoms with van der Waals surface area (Å²) in [6.45, 7) is 3.85. The van der Waals surface area contributed by atoms with Crippen LogP contribution in [0.2, 0.25) is 0 Å². The highest BCUT2D eigenvalue weighted by molar-refractivity contribution is 6.02. The molecule has 5 N–H and O–H groups in total. The normalized spacial score (nSPS) is 16.1. The third-order valence-corrected chi connectivity index (χ3v) is 6.26. The Labute approximate surface area is 198 Å². The summed E-state index contributed by atoms with van der Waals surface area (Å²) >= 11 is 0. The zero-order chi connectivity index (χ0) is 24.2. The number of nitrogens with zero attached hydrogens (tertiary/aromatic N) is 2. The first-order valence-corrected chi connectivity index (χ1v) is 11.4. The van der Waals surface area contributed by atoms with Crippen LogP contribution in [-0.2, 0) is 11.2 Å². The molecule has 178 valence electrons. The fourth-order valence-electron chi connectivity index (χ4n) is 4.38. The van der Waals surface area contributed by atoms with Crippen LogP contribution in [0.25, 0.3) is 0 Å². The lowest BCUT2D eigenvalue weighted by Crippen LogP contribution is -2.42. The van der Waals surface area contributed by atoms with Crippen molar-refractivity contribution in [1.29, 1.82) is 10.8 Å². The minimum absolute atomic E-state index is 0.0498. The van der Waals surface area contributed by atoms with E-state index in [9.17, 15) is 9.59 Å². The minimum Gasteiger partial charge on any atom is -0.490 e. The SMILES string of the molecule is CC(=N)N1CCC(Oc2ccc3c(c2)CCN(CC(=O)Nc2cccc(C(=N)N)c2)C3=O)CC1. The second-order valence-electron chi connectivity index (χ2n) is 8.73. The summed E-state index contributed by atoms with van der Waals surface area (Å²) in [7, 11) is 0. The molecule has 0 aromatic heterocycles. The van der Waals surface area contributed by atoms with Crippen molar-refractivity contribution >= 4 is 29.2 Å². The van der Waals surface area contributed by atoms with Crippen LogP contribution in [0.1, 0.15) is 41.3 Å². The van der Waals surface area contributed by atoms with Crippen LogP contribution in [0, 0.1) is 10.8 Å². The van der Waals surface area contributed by atoms with Gasteiger partial charge in [-0.05, 0) is 49.2 Å². The van der Waals surface area contributed by atoms with Crippen molar-refractivity contribution in [3.8, 4) is 5.75 Å². The lowest BCUT2D eigenvalue weighted by Gasteiger charge is -2.33. The molecular formula is C25H30N6O3. The van der Waals surface area contributed by atoms with Gasteiger partial charge in [0.05, 0.1) is 5.84 Å². The lowest BCUT2D eigenvalue weighted by molar-refractivity contribution is -0.116. The predicted octanol–water partition coefficient (Wildman–Crippen LogP) is 2.45. The first-order valence-electron chi connectivity index (χ1n) is 11.4. The van der Waals surface area contributed by atoms with Gasteiger partial charge in [-0.1, -0.05) is 12.1 Å². The molecule has 2 heterocycles. The summed E-state index contributed by atoms with van der Waals surface area (Å²) in [5.41, 5.74) is 8.09.